The molecule has 3 rings (SSSR count). The van der Waals surface area contributed by atoms with Gasteiger partial charge in [0.1, 0.15) is 6.07 Å². The van der Waals surface area contributed by atoms with Crippen molar-refractivity contribution >= 4 is 11.9 Å². The van der Waals surface area contributed by atoms with Gasteiger partial charge in [-0.2, -0.15) is 5.26 Å². The summed E-state index contributed by atoms with van der Waals surface area (Å²) < 4.78 is 0. The highest BCUT2D eigenvalue weighted by molar-refractivity contribution is 6.04. The highest BCUT2D eigenvalue weighted by Gasteiger charge is 2.52. The van der Waals surface area contributed by atoms with Crippen LogP contribution in [0.4, 0.5) is 0 Å². The predicted octanol–water partition coefficient (Wildman–Crippen LogP) is 4.94. The van der Waals surface area contributed by atoms with E-state index in [0.29, 0.717) is 11.5 Å². The summed E-state index contributed by atoms with van der Waals surface area (Å²) in [5, 5.41) is 9.35. The Morgan fingerprint density at radius 2 is 1.91 bits per heavy atom. The van der Waals surface area contributed by atoms with Crippen molar-refractivity contribution in [3.8, 4) is 6.07 Å². The van der Waals surface area contributed by atoms with E-state index >= 15 is 0 Å². The fourth-order valence-electron chi connectivity index (χ4n) is 4.59. The second-order valence-electron chi connectivity index (χ2n) is 7.71. The first-order valence-electron chi connectivity index (χ1n) is 8.29. The van der Waals surface area contributed by atoms with Crippen molar-refractivity contribution in [2.75, 3.05) is 0 Å². The van der Waals surface area contributed by atoms with Gasteiger partial charge in [0.2, 0.25) is 0 Å². The van der Waals surface area contributed by atoms with E-state index in [1.165, 1.54) is 11.1 Å². The number of hydrogen-bond donors (Lipinski definition) is 0. The van der Waals surface area contributed by atoms with E-state index in [2.05, 4.69) is 43.3 Å². The number of rotatable bonds is 1. The summed E-state index contributed by atoms with van der Waals surface area (Å²) in [6, 6.07) is 12.5. The van der Waals surface area contributed by atoms with Crippen molar-refractivity contribution in [2.45, 2.75) is 40.0 Å². The molecule has 2 nitrogen and oxygen atoms in total. The Labute approximate surface area is 138 Å². The zero-order valence-electron chi connectivity index (χ0n) is 14.1. The Balaban J connectivity index is 1.98. The van der Waals surface area contributed by atoms with E-state index in [0.717, 1.165) is 19.3 Å². The molecule has 0 amide bonds. The maximum absolute atomic E-state index is 12.5. The van der Waals surface area contributed by atoms with Gasteiger partial charge < -0.3 is 0 Å². The van der Waals surface area contributed by atoms with Gasteiger partial charge in [0.05, 0.1) is 5.57 Å². The van der Waals surface area contributed by atoms with E-state index in [1.807, 2.05) is 26.0 Å². The molecule has 0 bridgehead atoms. The van der Waals surface area contributed by atoms with Gasteiger partial charge in [-0.1, -0.05) is 68.8 Å². The van der Waals surface area contributed by atoms with Crippen LogP contribution in [0.25, 0.3) is 6.08 Å². The summed E-state index contributed by atoms with van der Waals surface area (Å²) in [6.07, 6.45) is 7.17. The number of Topliss-reactive ketones (excluding diaryl/α,β-unsaturated/α-hetero) is 1. The van der Waals surface area contributed by atoms with Crippen molar-refractivity contribution in [1.82, 2.24) is 0 Å². The molecule has 118 valence electrons. The number of allylic oxidation sites excluding steroid dienone is 3. The third-order valence-electron chi connectivity index (χ3n) is 5.62. The van der Waals surface area contributed by atoms with Crippen LogP contribution in [0.5, 0.6) is 0 Å². The normalized spacial score (nSPS) is 31.2. The Bertz CT molecular complexity index is 733. The molecule has 2 heteroatoms. The Morgan fingerprint density at radius 3 is 2.57 bits per heavy atom. The van der Waals surface area contributed by atoms with Crippen LogP contribution in [-0.2, 0) is 4.79 Å². The van der Waals surface area contributed by atoms with Crippen LogP contribution in [-0.4, -0.2) is 5.78 Å². The van der Waals surface area contributed by atoms with Crippen molar-refractivity contribution in [1.29, 1.82) is 5.26 Å². The van der Waals surface area contributed by atoms with Gasteiger partial charge >= 0.3 is 0 Å². The third-order valence-corrected chi connectivity index (χ3v) is 5.62. The molecule has 0 aliphatic heterocycles. The quantitative estimate of drug-likeness (QED) is 0.737. The topological polar surface area (TPSA) is 40.9 Å². The molecule has 0 radical (unpaired) electrons. The van der Waals surface area contributed by atoms with Crippen molar-refractivity contribution in [3.63, 3.8) is 0 Å². The first kappa shape index (κ1) is 15.7. The maximum atomic E-state index is 12.5. The third kappa shape index (κ3) is 2.65. The number of ketones is 1. The largest absolute Gasteiger partial charge is 0.293 e. The summed E-state index contributed by atoms with van der Waals surface area (Å²) in [5.74, 6) is 0.311. The van der Waals surface area contributed by atoms with Crippen LogP contribution < -0.4 is 0 Å². The van der Waals surface area contributed by atoms with Crippen LogP contribution >= 0.6 is 0 Å². The van der Waals surface area contributed by atoms with Crippen molar-refractivity contribution in [2.24, 2.45) is 16.7 Å². The standard InChI is InChI=1S/C21H23NO/c1-20(2)18-10-9-16(11-15-7-5-4-6-8-15)12-21(18,3)13-17(14-22)19(20)23/h4-8,11,13,18H,9-10,12H2,1-3H3/b16-11+/t18-,21-/m0/s1. The molecule has 23 heavy (non-hydrogen) atoms. The van der Waals surface area contributed by atoms with Gasteiger partial charge in [-0.05, 0) is 36.2 Å². The lowest BCUT2D eigenvalue weighted by molar-refractivity contribution is -0.130. The zero-order chi connectivity index (χ0) is 16.7. The molecule has 0 heterocycles. The summed E-state index contributed by atoms with van der Waals surface area (Å²) in [5.41, 5.74) is 2.41. The molecular formula is C21H23NO. The summed E-state index contributed by atoms with van der Waals surface area (Å²) in [6.45, 7) is 6.23. The van der Waals surface area contributed by atoms with Crippen LogP contribution in [0.1, 0.15) is 45.6 Å². The number of hydrogen-bond acceptors (Lipinski definition) is 2. The van der Waals surface area contributed by atoms with Gasteiger partial charge in [-0.3, -0.25) is 4.79 Å². The number of nitriles is 1. The van der Waals surface area contributed by atoms with Gasteiger partial charge in [-0.15, -0.1) is 0 Å². The molecule has 1 aromatic carbocycles. The molecule has 2 aliphatic rings. The number of carbonyl (C=O) groups is 1. The Morgan fingerprint density at radius 1 is 1.22 bits per heavy atom. The van der Waals surface area contributed by atoms with E-state index in [-0.39, 0.29) is 11.2 Å². The summed E-state index contributed by atoms with van der Waals surface area (Å²) in [7, 11) is 0. The van der Waals surface area contributed by atoms with Crippen LogP contribution in [0.3, 0.4) is 0 Å². The minimum atomic E-state index is -0.452. The second kappa shape index (κ2) is 5.49. The molecule has 2 aliphatic carbocycles. The Kier molecular flexibility index (Phi) is 3.76. The Hall–Kier alpha value is -2.14. The van der Waals surface area contributed by atoms with Crippen molar-refractivity contribution in [3.05, 3.63) is 53.1 Å². The lowest BCUT2D eigenvalue weighted by Crippen LogP contribution is -2.48. The first-order chi connectivity index (χ1) is 10.9. The highest BCUT2D eigenvalue weighted by atomic mass is 16.1. The van der Waals surface area contributed by atoms with Crippen LogP contribution in [0, 0.1) is 28.1 Å². The molecule has 0 N–H and O–H groups in total. The second-order valence-corrected chi connectivity index (χ2v) is 7.71. The first-order valence-corrected chi connectivity index (χ1v) is 8.29. The maximum Gasteiger partial charge on any atom is 0.178 e. The molecule has 1 saturated carbocycles. The van der Waals surface area contributed by atoms with Crippen molar-refractivity contribution < 1.29 is 4.79 Å². The summed E-state index contributed by atoms with van der Waals surface area (Å²) in [4.78, 5) is 12.5. The predicted molar refractivity (Wildman–Crippen MR) is 92.4 cm³/mol. The van der Waals surface area contributed by atoms with Gasteiger partial charge in [0.25, 0.3) is 0 Å². The van der Waals surface area contributed by atoms with Gasteiger partial charge in [0, 0.05) is 5.41 Å². The van der Waals surface area contributed by atoms with Crippen LogP contribution in [0.2, 0.25) is 0 Å². The van der Waals surface area contributed by atoms with E-state index in [1.54, 1.807) is 0 Å². The smallest absolute Gasteiger partial charge is 0.178 e. The minimum Gasteiger partial charge on any atom is -0.293 e. The molecule has 0 spiro atoms. The number of carbonyl (C=O) groups excluding carboxylic acids is 1. The lowest BCUT2D eigenvalue weighted by Gasteiger charge is -2.50. The van der Waals surface area contributed by atoms with E-state index in [4.69, 9.17) is 0 Å². The number of fused-ring (bicyclic) bond motifs is 1. The zero-order valence-corrected chi connectivity index (χ0v) is 14.1. The number of benzene rings is 1. The fraction of sp³-hybridized carbons (Fsp3) is 0.429. The average Bonchev–Trinajstić information content (AvgIpc) is 2.52. The summed E-state index contributed by atoms with van der Waals surface area (Å²) >= 11 is 0. The molecule has 0 saturated heterocycles. The highest BCUT2D eigenvalue weighted by Crippen LogP contribution is 2.56. The monoisotopic (exact) mass is 305 g/mol. The molecular weight excluding hydrogens is 282 g/mol. The lowest BCUT2D eigenvalue weighted by atomic mass is 9.52. The van der Waals surface area contributed by atoms with Gasteiger partial charge in [0.15, 0.2) is 5.78 Å². The van der Waals surface area contributed by atoms with E-state index in [9.17, 15) is 10.1 Å². The van der Waals surface area contributed by atoms with Gasteiger partial charge in [-0.25, -0.2) is 0 Å². The molecule has 1 fully saturated rings. The minimum absolute atomic E-state index is 0.0120. The number of nitrogens with zero attached hydrogens (tertiary/aromatic N) is 1. The van der Waals surface area contributed by atoms with Crippen LogP contribution in [0.15, 0.2) is 47.6 Å². The molecule has 0 aromatic heterocycles. The molecule has 2 atom stereocenters. The average molecular weight is 305 g/mol. The fourth-order valence-corrected chi connectivity index (χ4v) is 4.59. The SMILES string of the molecule is CC1(C)C(=O)C(C#N)=C[C@]2(C)C/C(=C/c3ccccc3)CC[C@@H]12. The van der Waals surface area contributed by atoms with E-state index < -0.39 is 5.41 Å². The molecule has 0 unspecified atom stereocenters. The molecule has 1 aromatic rings.